The highest BCUT2D eigenvalue weighted by Crippen LogP contribution is 2.32. The minimum Gasteiger partial charge on any atom is -0.466 e. The van der Waals surface area contributed by atoms with Crippen LogP contribution in [0.25, 0.3) is 0 Å². The normalized spacial score (nSPS) is 16.6. The summed E-state index contributed by atoms with van der Waals surface area (Å²) in [5.41, 5.74) is 2.00. The quantitative estimate of drug-likeness (QED) is 0.315. The Morgan fingerprint density at radius 2 is 0.975 bits per heavy atom. The first kappa shape index (κ1) is 30.9. The zero-order valence-electron chi connectivity index (χ0n) is 23.8. The van der Waals surface area contributed by atoms with Crippen LogP contribution in [0, 0.1) is 11.8 Å². The largest absolute Gasteiger partial charge is 0.466 e. The molecule has 0 atom stereocenters. The summed E-state index contributed by atoms with van der Waals surface area (Å²) in [5.74, 6) is -0.993. The van der Waals surface area contributed by atoms with Crippen LogP contribution in [-0.2, 0) is 41.7 Å². The molecule has 1 aliphatic rings. The molecule has 1 fully saturated rings. The van der Waals surface area contributed by atoms with Crippen molar-refractivity contribution in [2.24, 2.45) is 11.8 Å². The lowest BCUT2D eigenvalue weighted by atomic mass is 9.80. The van der Waals surface area contributed by atoms with Crippen LogP contribution < -0.4 is 0 Å². The SMILES string of the molecule is CCOC(=O)CCN(Cc1ccccc1)C(=O)C1CCC(C(=O)N(CCC(=O)OCC)Cc2ccccc2)CC1. The Morgan fingerprint density at radius 3 is 1.30 bits per heavy atom. The standard InChI is InChI=1S/C32H42N2O6/c1-3-39-29(35)19-21-33(23-25-11-7-5-8-12-25)31(37)27-15-17-28(18-16-27)32(38)34(22-20-30(36)40-4-2)24-26-13-9-6-10-14-26/h5-14,27-28H,3-4,15-24H2,1-2H3. The summed E-state index contributed by atoms with van der Waals surface area (Å²) in [5, 5.41) is 0. The van der Waals surface area contributed by atoms with E-state index in [9.17, 15) is 19.2 Å². The molecule has 2 aromatic carbocycles. The lowest BCUT2D eigenvalue weighted by molar-refractivity contribution is -0.147. The van der Waals surface area contributed by atoms with Crippen LogP contribution in [-0.4, -0.2) is 59.9 Å². The Balaban J connectivity index is 1.62. The van der Waals surface area contributed by atoms with Crippen molar-refractivity contribution in [3.8, 4) is 0 Å². The lowest BCUT2D eigenvalue weighted by Crippen LogP contribution is -2.42. The summed E-state index contributed by atoms with van der Waals surface area (Å²) in [4.78, 5) is 54.7. The first-order chi connectivity index (χ1) is 19.4. The van der Waals surface area contributed by atoms with Crippen LogP contribution in [0.3, 0.4) is 0 Å². The average Bonchev–Trinajstić information content (AvgIpc) is 2.98. The van der Waals surface area contributed by atoms with Gasteiger partial charge in [0.25, 0.3) is 0 Å². The number of carbonyl (C=O) groups is 4. The van der Waals surface area contributed by atoms with Gasteiger partial charge in [-0.15, -0.1) is 0 Å². The number of esters is 2. The first-order valence-electron chi connectivity index (χ1n) is 14.4. The molecule has 0 bridgehead atoms. The Morgan fingerprint density at radius 1 is 0.625 bits per heavy atom. The van der Waals surface area contributed by atoms with Gasteiger partial charge in [0.15, 0.2) is 0 Å². The van der Waals surface area contributed by atoms with E-state index in [1.165, 1.54) is 0 Å². The molecule has 1 aliphatic carbocycles. The molecule has 216 valence electrons. The van der Waals surface area contributed by atoms with E-state index in [0.29, 0.717) is 65.1 Å². The molecule has 0 radical (unpaired) electrons. The van der Waals surface area contributed by atoms with Crippen molar-refractivity contribution in [3.05, 3.63) is 71.8 Å². The van der Waals surface area contributed by atoms with Gasteiger partial charge < -0.3 is 19.3 Å². The zero-order valence-corrected chi connectivity index (χ0v) is 23.8. The van der Waals surface area contributed by atoms with Crippen LogP contribution >= 0.6 is 0 Å². The molecule has 2 aromatic rings. The molecule has 3 rings (SSSR count). The number of rotatable bonds is 14. The maximum absolute atomic E-state index is 13.6. The third-order valence-electron chi connectivity index (χ3n) is 7.26. The Kier molecular flexibility index (Phi) is 12.7. The molecular weight excluding hydrogens is 508 g/mol. The lowest BCUT2D eigenvalue weighted by Gasteiger charge is -2.34. The maximum Gasteiger partial charge on any atom is 0.307 e. The van der Waals surface area contributed by atoms with Crippen LogP contribution in [0.5, 0.6) is 0 Å². The van der Waals surface area contributed by atoms with Crippen molar-refractivity contribution in [1.29, 1.82) is 0 Å². The number of benzene rings is 2. The number of carbonyl (C=O) groups excluding carboxylic acids is 4. The monoisotopic (exact) mass is 550 g/mol. The number of amides is 2. The van der Waals surface area contributed by atoms with Crippen LogP contribution in [0.1, 0.15) is 63.5 Å². The molecule has 0 N–H and O–H groups in total. The predicted molar refractivity (Wildman–Crippen MR) is 152 cm³/mol. The zero-order chi connectivity index (χ0) is 28.7. The number of nitrogens with zero attached hydrogens (tertiary/aromatic N) is 2. The third-order valence-corrected chi connectivity index (χ3v) is 7.26. The highest BCUT2D eigenvalue weighted by atomic mass is 16.5. The summed E-state index contributed by atoms with van der Waals surface area (Å²) in [6.45, 7) is 5.60. The van der Waals surface area contributed by atoms with Crippen molar-refractivity contribution in [1.82, 2.24) is 9.80 Å². The Bertz CT molecular complexity index is 996. The molecule has 8 nitrogen and oxygen atoms in total. The third kappa shape index (κ3) is 9.81. The van der Waals surface area contributed by atoms with Gasteiger partial charge in [-0.25, -0.2) is 0 Å². The van der Waals surface area contributed by atoms with E-state index in [1.54, 1.807) is 23.6 Å². The second-order valence-electron chi connectivity index (χ2n) is 10.1. The van der Waals surface area contributed by atoms with E-state index in [2.05, 4.69) is 0 Å². The second-order valence-corrected chi connectivity index (χ2v) is 10.1. The van der Waals surface area contributed by atoms with Gasteiger partial charge in [-0.2, -0.15) is 0 Å². The predicted octanol–water partition coefficient (Wildman–Crippen LogP) is 4.76. The summed E-state index contributed by atoms with van der Waals surface area (Å²) < 4.78 is 10.1. The van der Waals surface area contributed by atoms with E-state index in [4.69, 9.17) is 9.47 Å². The molecule has 8 heteroatoms. The topological polar surface area (TPSA) is 93.2 Å². The highest BCUT2D eigenvalue weighted by molar-refractivity contribution is 5.82. The van der Waals surface area contributed by atoms with E-state index in [1.807, 2.05) is 60.7 Å². The van der Waals surface area contributed by atoms with Gasteiger partial charge in [0.05, 0.1) is 26.1 Å². The summed E-state index contributed by atoms with van der Waals surface area (Å²) in [7, 11) is 0. The smallest absolute Gasteiger partial charge is 0.307 e. The fourth-order valence-corrected chi connectivity index (χ4v) is 5.16. The van der Waals surface area contributed by atoms with Crippen molar-refractivity contribution in [2.45, 2.75) is 65.5 Å². The average molecular weight is 551 g/mol. The van der Waals surface area contributed by atoms with Crippen molar-refractivity contribution in [3.63, 3.8) is 0 Å². The van der Waals surface area contributed by atoms with Crippen molar-refractivity contribution >= 4 is 23.8 Å². The molecule has 0 saturated heterocycles. The van der Waals surface area contributed by atoms with Gasteiger partial charge in [0, 0.05) is 38.0 Å². The molecule has 40 heavy (non-hydrogen) atoms. The van der Waals surface area contributed by atoms with E-state index < -0.39 is 0 Å². The van der Waals surface area contributed by atoms with E-state index in [0.717, 1.165) is 11.1 Å². The number of hydrogen-bond donors (Lipinski definition) is 0. The maximum atomic E-state index is 13.6. The van der Waals surface area contributed by atoms with Gasteiger partial charge in [0.1, 0.15) is 0 Å². The number of ether oxygens (including phenoxy) is 2. The van der Waals surface area contributed by atoms with Crippen molar-refractivity contribution < 1.29 is 28.7 Å². The molecular formula is C32H42N2O6. The van der Waals surface area contributed by atoms with Crippen LogP contribution in [0.4, 0.5) is 0 Å². The van der Waals surface area contributed by atoms with Gasteiger partial charge >= 0.3 is 11.9 Å². The van der Waals surface area contributed by atoms with Crippen molar-refractivity contribution in [2.75, 3.05) is 26.3 Å². The second kappa shape index (κ2) is 16.4. The Labute approximate surface area is 237 Å². The fraction of sp³-hybridized carbons (Fsp3) is 0.500. The summed E-state index contributed by atoms with van der Waals surface area (Å²) in [6, 6.07) is 19.5. The Hall–Kier alpha value is -3.68. The summed E-state index contributed by atoms with van der Waals surface area (Å²) in [6.07, 6.45) is 2.73. The molecule has 0 unspecified atom stereocenters. The van der Waals surface area contributed by atoms with Crippen LogP contribution in [0.15, 0.2) is 60.7 Å². The molecule has 0 aromatic heterocycles. The number of hydrogen-bond acceptors (Lipinski definition) is 6. The van der Waals surface area contributed by atoms with Gasteiger partial charge in [0.2, 0.25) is 11.8 Å². The minimum absolute atomic E-state index is 0.0162. The molecule has 0 aliphatic heterocycles. The van der Waals surface area contributed by atoms with E-state index >= 15 is 0 Å². The van der Waals surface area contributed by atoms with Gasteiger partial charge in [-0.3, -0.25) is 19.2 Å². The molecule has 1 saturated carbocycles. The fourth-order valence-electron chi connectivity index (χ4n) is 5.16. The van der Waals surface area contributed by atoms with Crippen LogP contribution in [0.2, 0.25) is 0 Å². The van der Waals surface area contributed by atoms with Gasteiger partial charge in [-0.1, -0.05) is 60.7 Å². The van der Waals surface area contributed by atoms with Gasteiger partial charge in [-0.05, 0) is 50.7 Å². The highest BCUT2D eigenvalue weighted by Gasteiger charge is 2.34. The van der Waals surface area contributed by atoms with E-state index in [-0.39, 0.29) is 48.4 Å². The molecule has 2 amide bonds. The summed E-state index contributed by atoms with van der Waals surface area (Å²) >= 11 is 0. The molecule has 0 spiro atoms. The first-order valence-corrected chi connectivity index (χ1v) is 14.4. The minimum atomic E-state index is -0.316. The molecule has 0 heterocycles.